The van der Waals surface area contributed by atoms with Gasteiger partial charge in [-0.1, -0.05) is 26.0 Å². The number of likely N-dealkylation sites (N-methyl/N-ethyl adjacent to an activating group) is 1. The smallest absolute Gasteiger partial charge is 0.237 e. The van der Waals surface area contributed by atoms with Gasteiger partial charge in [-0.3, -0.25) is 4.79 Å². The van der Waals surface area contributed by atoms with E-state index in [4.69, 9.17) is 5.73 Å². The molecule has 21 heavy (non-hydrogen) atoms. The van der Waals surface area contributed by atoms with Crippen LogP contribution in [0.25, 0.3) is 0 Å². The lowest BCUT2D eigenvalue weighted by Crippen LogP contribution is -2.51. The molecule has 0 fully saturated rings. The lowest BCUT2D eigenvalue weighted by molar-refractivity contribution is -0.123. The predicted octanol–water partition coefficient (Wildman–Crippen LogP) is 0.964. The van der Waals surface area contributed by atoms with Crippen molar-refractivity contribution in [3.8, 4) is 5.75 Å². The molecule has 0 heterocycles. The average Bonchev–Trinajstić information content (AvgIpc) is 2.39. The summed E-state index contributed by atoms with van der Waals surface area (Å²) in [5, 5.41) is 12.3. The van der Waals surface area contributed by atoms with Crippen molar-refractivity contribution >= 4 is 5.91 Å². The number of phenolic OH excluding ortho intramolecular Hbond substituents is 1. The minimum absolute atomic E-state index is 0.0818. The zero-order valence-corrected chi connectivity index (χ0v) is 13.3. The third-order valence-corrected chi connectivity index (χ3v) is 3.42. The molecule has 5 heteroatoms. The molecule has 0 radical (unpaired) electrons. The molecule has 0 spiro atoms. The fourth-order valence-corrected chi connectivity index (χ4v) is 2.08. The van der Waals surface area contributed by atoms with Gasteiger partial charge in [0.05, 0.1) is 6.04 Å². The largest absolute Gasteiger partial charge is 0.508 e. The van der Waals surface area contributed by atoms with Crippen LogP contribution in [0.15, 0.2) is 24.3 Å². The molecule has 118 valence electrons. The van der Waals surface area contributed by atoms with E-state index in [1.165, 1.54) is 0 Å². The van der Waals surface area contributed by atoms with Crippen molar-refractivity contribution in [1.29, 1.82) is 0 Å². The molecule has 0 aliphatic rings. The fourth-order valence-electron chi connectivity index (χ4n) is 2.08. The molecule has 0 aliphatic carbocycles. The maximum Gasteiger partial charge on any atom is 0.237 e. The minimum atomic E-state index is -0.585. The molecule has 2 unspecified atom stereocenters. The zero-order chi connectivity index (χ0) is 16.0. The first kappa shape index (κ1) is 17.5. The molecule has 2 atom stereocenters. The summed E-state index contributed by atoms with van der Waals surface area (Å²) in [7, 11) is 3.97. The first-order valence-electron chi connectivity index (χ1n) is 7.28. The Hall–Kier alpha value is -1.59. The lowest BCUT2D eigenvalue weighted by atomic mass is 10.0. The van der Waals surface area contributed by atoms with Crippen LogP contribution in [-0.4, -0.2) is 48.6 Å². The van der Waals surface area contributed by atoms with Crippen molar-refractivity contribution in [3.63, 3.8) is 0 Å². The van der Waals surface area contributed by atoms with Gasteiger partial charge in [0.15, 0.2) is 0 Å². The van der Waals surface area contributed by atoms with Crippen LogP contribution < -0.4 is 11.1 Å². The average molecular weight is 293 g/mol. The molecule has 0 saturated heterocycles. The molecule has 1 amide bonds. The van der Waals surface area contributed by atoms with E-state index in [9.17, 15) is 9.90 Å². The monoisotopic (exact) mass is 293 g/mol. The summed E-state index contributed by atoms with van der Waals surface area (Å²) in [6.07, 6.45) is 0.457. The van der Waals surface area contributed by atoms with E-state index in [0.717, 1.165) is 12.1 Å². The van der Waals surface area contributed by atoms with Crippen LogP contribution in [0.2, 0.25) is 0 Å². The highest BCUT2D eigenvalue weighted by Gasteiger charge is 2.21. The van der Waals surface area contributed by atoms with E-state index in [1.807, 2.05) is 14.1 Å². The van der Waals surface area contributed by atoms with Crippen molar-refractivity contribution in [2.24, 2.45) is 11.7 Å². The zero-order valence-electron chi connectivity index (χ0n) is 13.3. The number of nitrogens with two attached hydrogens (primary N) is 1. The van der Waals surface area contributed by atoms with E-state index < -0.39 is 6.04 Å². The van der Waals surface area contributed by atoms with Gasteiger partial charge < -0.3 is 21.1 Å². The summed E-state index contributed by atoms with van der Waals surface area (Å²) in [6.45, 7) is 4.95. The number of carbonyl (C=O) groups excluding carboxylic acids is 1. The quantitative estimate of drug-likeness (QED) is 0.700. The number of amides is 1. The number of rotatable bonds is 7. The molecule has 5 nitrogen and oxygen atoms in total. The van der Waals surface area contributed by atoms with Crippen molar-refractivity contribution in [1.82, 2.24) is 10.2 Å². The molecule has 1 rings (SSSR count). The third kappa shape index (κ3) is 6.14. The van der Waals surface area contributed by atoms with Crippen LogP contribution in [0.1, 0.15) is 19.4 Å². The van der Waals surface area contributed by atoms with Crippen molar-refractivity contribution in [2.45, 2.75) is 32.4 Å². The maximum absolute atomic E-state index is 12.2. The highest BCUT2D eigenvalue weighted by Crippen LogP contribution is 2.11. The standard InChI is InChI=1S/C16H27N3O2/c1-11(2)15(10-19(3)4)18-16(21)14(17)9-12-5-7-13(20)8-6-12/h5-8,11,14-15,20H,9-10,17H2,1-4H3,(H,18,21). The van der Waals surface area contributed by atoms with E-state index in [0.29, 0.717) is 12.3 Å². The van der Waals surface area contributed by atoms with Gasteiger partial charge >= 0.3 is 0 Å². The summed E-state index contributed by atoms with van der Waals surface area (Å²) in [4.78, 5) is 14.3. The highest BCUT2D eigenvalue weighted by atomic mass is 16.3. The number of aromatic hydroxyl groups is 1. The van der Waals surface area contributed by atoms with Crippen molar-refractivity contribution < 1.29 is 9.90 Å². The van der Waals surface area contributed by atoms with Gasteiger partial charge in [0.2, 0.25) is 5.91 Å². The molecule has 0 bridgehead atoms. The normalized spacial score (nSPS) is 14.2. The van der Waals surface area contributed by atoms with E-state index in [-0.39, 0.29) is 17.7 Å². The molecular weight excluding hydrogens is 266 g/mol. The fraction of sp³-hybridized carbons (Fsp3) is 0.562. The van der Waals surface area contributed by atoms with Crippen molar-refractivity contribution in [3.05, 3.63) is 29.8 Å². The molecule has 1 aromatic carbocycles. The molecule has 4 N–H and O–H groups in total. The molecule has 0 aliphatic heterocycles. The van der Waals surface area contributed by atoms with Crippen molar-refractivity contribution in [2.75, 3.05) is 20.6 Å². The summed E-state index contributed by atoms with van der Waals surface area (Å²) in [6, 6.07) is 6.26. The summed E-state index contributed by atoms with van der Waals surface area (Å²) >= 11 is 0. The van der Waals surface area contributed by atoms with Crippen LogP contribution in [0, 0.1) is 5.92 Å². The SMILES string of the molecule is CC(C)C(CN(C)C)NC(=O)C(N)Cc1ccc(O)cc1. The Morgan fingerprint density at radius 2 is 1.86 bits per heavy atom. The topological polar surface area (TPSA) is 78.6 Å². The third-order valence-electron chi connectivity index (χ3n) is 3.42. The number of hydrogen-bond acceptors (Lipinski definition) is 4. The van der Waals surface area contributed by atoms with Crippen LogP contribution in [0.4, 0.5) is 0 Å². The van der Waals surface area contributed by atoms with Gasteiger partial charge in [-0.05, 0) is 44.1 Å². The van der Waals surface area contributed by atoms with E-state index >= 15 is 0 Å². The Balaban J connectivity index is 2.58. The first-order valence-corrected chi connectivity index (χ1v) is 7.28. The highest BCUT2D eigenvalue weighted by molar-refractivity contribution is 5.82. The van der Waals surface area contributed by atoms with Crippen LogP contribution in [0.5, 0.6) is 5.75 Å². The Bertz CT molecular complexity index is 443. The second kappa shape index (κ2) is 8.00. The lowest BCUT2D eigenvalue weighted by Gasteiger charge is -2.27. The number of hydrogen-bond donors (Lipinski definition) is 3. The maximum atomic E-state index is 12.2. The molecular formula is C16H27N3O2. The van der Waals surface area contributed by atoms with Gasteiger partial charge in [-0.25, -0.2) is 0 Å². The van der Waals surface area contributed by atoms with Gasteiger partial charge in [0.25, 0.3) is 0 Å². The van der Waals surface area contributed by atoms with Crippen LogP contribution in [-0.2, 0) is 11.2 Å². The minimum Gasteiger partial charge on any atom is -0.508 e. The number of phenols is 1. The number of nitrogens with zero attached hydrogens (tertiary/aromatic N) is 1. The number of benzene rings is 1. The van der Waals surface area contributed by atoms with E-state index in [2.05, 4.69) is 24.1 Å². The number of nitrogens with one attached hydrogen (secondary N) is 1. The Morgan fingerprint density at radius 1 is 1.29 bits per heavy atom. The van der Waals surface area contributed by atoms with Crippen LogP contribution >= 0.6 is 0 Å². The summed E-state index contributed by atoms with van der Waals surface area (Å²) in [5.41, 5.74) is 6.91. The Labute approximate surface area is 127 Å². The molecule has 1 aromatic rings. The van der Waals surface area contributed by atoms with Crippen LogP contribution in [0.3, 0.4) is 0 Å². The molecule has 0 aromatic heterocycles. The van der Waals surface area contributed by atoms with E-state index in [1.54, 1.807) is 24.3 Å². The summed E-state index contributed by atoms with van der Waals surface area (Å²) in [5.74, 6) is 0.420. The second-order valence-electron chi connectivity index (χ2n) is 6.10. The predicted molar refractivity (Wildman–Crippen MR) is 85.1 cm³/mol. The summed E-state index contributed by atoms with van der Waals surface area (Å²) < 4.78 is 0. The Morgan fingerprint density at radius 3 is 2.33 bits per heavy atom. The van der Waals surface area contributed by atoms with Gasteiger partial charge in [-0.15, -0.1) is 0 Å². The second-order valence-corrected chi connectivity index (χ2v) is 6.10. The molecule has 0 saturated carbocycles. The number of carbonyl (C=O) groups is 1. The van der Waals surface area contributed by atoms with Gasteiger partial charge in [-0.2, -0.15) is 0 Å². The first-order chi connectivity index (χ1) is 9.79. The van der Waals surface area contributed by atoms with Gasteiger partial charge in [0.1, 0.15) is 5.75 Å². The Kier molecular flexibility index (Phi) is 6.65. The van der Waals surface area contributed by atoms with Gasteiger partial charge in [0, 0.05) is 12.6 Å².